The zero-order valence-electron chi connectivity index (χ0n) is 36.5. The Morgan fingerprint density at radius 1 is 0.429 bits per heavy atom. The van der Waals surface area contributed by atoms with Crippen molar-refractivity contribution in [2.45, 2.75) is 104 Å². The predicted molar refractivity (Wildman–Crippen MR) is 240 cm³/mol. The van der Waals surface area contributed by atoms with Crippen LogP contribution in [0.4, 0.5) is 11.4 Å². The van der Waals surface area contributed by atoms with E-state index in [0.717, 1.165) is 77.0 Å². The van der Waals surface area contributed by atoms with Gasteiger partial charge in [0.1, 0.15) is 17.2 Å². The van der Waals surface area contributed by atoms with Gasteiger partial charge in [-0.05, 0) is 179 Å². The van der Waals surface area contributed by atoms with Crippen LogP contribution in [0, 0.1) is 35.5 Å². The van der Waals surface area contributed by atoms with Crippen molar-refractivity contribution in [1.82, 2.24) is 0 Å². The summed E-state index contributed by atoms with van der Waals surface area (Å²) >= 11 is 0. The lowest BCUT2D eigenvalue weighted by Crippen LogP contribution is -2.25. The first kappa shape index (κ1) is 44.9. The number of carbonyl (C=O) groups is 6. The molecule has 7 rings (SSSR count). The fourth-order valence-corrected chi connectivity index (χ4v) is 8.73. The molecule has 4 aromatic carbocycles. The van der Waals surface area contributed by atoms with E-state index in [1.807, 2.05) is 0 Å². The normalized spacial score (nSPS) is 22.2. The van der Waals surface area contributed by atoms with Crippen LogP contribution in [0.2, 0.25) is 0 Å². The molecule has 0 bridgehead atoms. The summed E-state index contributed by atoms with van der Waals surface area (Å²) in [6.45, 7) is 6.58. The minimum absolute atomic E-state index is 0.0205. The fraction of sp³-hybridized carbons (Fsp3) is 0.423. The highest BCUT2D eigenvalue weighted by atomic mass is 16.5. The van der Waals surface area contributed by atoms with E-state index in [9.17, 15) is 28.8 Å². The molecule has 0 aliphatic heterocycles. The average Bonchev–Trinajstić information content (AvgIpc) is 3.28. The number of carbonyl (C=O) groups excluding carboxylic acids is 6. The molecule has 0 aromatic heterocycles. The average molecular weight is 855 g/mol. The van der Waals surface area contributed by atoms with Crippen molar-refractivity contribution in [3.63, 3.8) is 0 Å². The number of rotatable bonds is 13. The minimum atomic E-state index is -0.529. The van der Waals surface area contributed by atoms with Gasteiger partial charge in [-0.3, -0.25) is 28.8 Å². The number of hydrogen-bond acceptors (Lipinski definition) is 9. The number of nitrogens with one attached hydrogen (secondary N) is 2. The number of anilines is 2. The third-order valence-electron chi connectivity index (χ3n) is 13.0. The fourth-order valence-electron chi connectivity index (χ4n) is 8.73. The summed E-state index contributed by atoms with van der Waals surface area (Å²) in [6.07, 6.45) is 10.8. The van der Waals surface area contributed by atoms with Gasteiger partial charge in [0.25, 0.3) is 11.8 Å². The van der Waals surface area contributed by atoms with Gasteiger partial charge in [0.2, 0.25) is 0 Å². The van der Waals surface area contributed by atoms with Crippen LogP contribution in [-0.2, 0) is 20.8 Å². The van der Waals surface area contributed by atoms with E-state index in [0.29, 0.717) is 46.3 Å². The Hall–Kier alpha value is -6.10. The Balaban J connectivity index is 1.03. The molecule has 3 saturated carbocycles. The van der Waals surface area contributed by atoms with Gasteiger partial charge in [-0.1, -0.05) is 32.9 Å². The Morgan fingerprint density at radius 2 is 0.794 bits per heavy atom. The van der Waals surface area contributed by atoms with Gasteiger partial charge in [0, 0.05) is 34.5 Å². The van der Waals surface area contributed by atoms with E-state index < -0.39 is 11.8 Å². The molecule has 0 heterocycles. The molecule has 0 unspecified atom stereocenters. The lowest BCUT2D eigenvalue weighted by atomic mass is 9.83. The highest BCUT2D eigenvalue weighted by molar-refractivity contribution is 6.10. The SMILES string of the molecule is CC1CCC(C(=O)Oc2ccc(CC(=O)c3cc(NC(=O)c4ccc(OC(=O)C5CCC(C)CC5)cc4)cc(C(=O)Nc4ccc(OC(=O)C5CCC(C)CC5)cc4)c3)cc2)CC1. The molecule has 0 saturated heterocycles. The summed E-state index contributed by atoms with van der Waals surface area (Å²) in [4.78, 5) is 79.5. The van der Waals surface area contributed by atoms with E-state index in [-0.39, 0.29) is 70.2 Å². The van der Waals surface area contributed by atoms with Crippen LogP contribution in [0.25, 0.3) is 0 Å². The smallest absolute Gasteiger partial charge is 0.314 e. The lowest BCUT2D eigenvalue weighted by molar-refractivity contribution is -0.141. The first-order chi connectivity index (χ1) is 30.3. The number of benzene rings is 4. The second-order valence-electron chi connectivity index (χ2n) is 18.1. The number of hydrogen-bond donors (Lipinski definition) is 2. The molecule has 0 radical (unpaired) electrons. The number of Topliss-reactive ketones (excluding diaryl/α,β-unsaturated/α-hetero) is 1. The minimum Gasteiger partial charge on any atom is -0.426 e. The van der Waals surface area contributed by atoms with Crippen molar-refractivity contribution in [2.24, 2.45) is 35.5 Å². The second kappa shape index (κ2) is 20.8. The van der Waals surface area contributed by atoms with Gasteiger partial charge in [-0.15, -0.1) is 0 Å². The molecule has 2 N–H and O–H groups in total. The van der Waals surface area contributed by atoms with Crippen molar-refractivity contribution >= 4 is 46.9 Å². The quantitative estimate of drug-likeness (QED) is 0.0760. The highest BCUT2D eigenvalue weighted by Crippen LogP contribution is 2.32. The molecule has 3 aliphatic carbocycles. The number of amides is 2. The predicted octanol–water partition coefficient (Wildman–Crippen LogP) is 10.8. The third-order valence-corrected chi connectivity index (χ3v) is 13.0. The van der Waals surface area contributed by atoms with E-state index in [1.165, 1.54) is 18.2 Å². The van der Waals surface area contributed by atoms with Gasteiger partial charge >= 0.3 is 17.9 Å². The van der Waals surface area contributed by atoms with E-state index in [1.54, 1.807) is 72.8 Å². The molecule has 330 valence electrons. The Labute approximate surface area is 369 Å². The number of esters is 3. The van der Waals surface area contributed by atoms with Crippen molar-refractivity contribution in [3.05, 3.63) is 113 Å². The van der Waals surface area contributed by atoms with Crippen molar-refractivity contribution in [1.29, 1.82) is 0 Å². The Bertz CT molecular complexity index is 2150. The molecule has 0 spiro atoms. The molecule has 2 amide bonds. The molecule has 63 heavy (non-hydrogen) atoms. The molecule has 11 nitrogen and oxygen atoms in total. The monoisotopic (exact) mass is 854 g/mol. The molecular weight excluding hydrogens is 797 g/mol. The standard InChI is InChI=1S/C52H58N2O9/c1-32-4-12-37(13-5-32)50(58)61-44-22-10-35(11-23-44)28-47(55)40-29-41(49(57)53-42-20-26-46(27-21-42)63-52(60)39-16-8-34(3)9-17-39)31-43(30-40)54-48(56)36-18-24-45(25-19-36)62-51(59)38-14-6-33(2)7-15-38/h10-11,18-27,29-34,37-39H,4-9,12-17,28H2,1-3H3,(H,53,57)(H,54,56). The summed E-state index contributed by atoms with van der Waals surface area (Å²) in [6, 6.07) is 24.1. The van der Waals surface area contributed by atoms with Gasteiger partial charge in [0.15, 0.2) is 5.78 Å². The summed E-state index contributed by atoms with van der Waals surface area (Å²) in [5.74, 6) is 0.524. The van der Waals surface area contributed by atoms with Gasteiger partial charge in [-0.2, -0.15) is 0 Å². The molecule has 3 aliphatic rings. The first-order valence-electron chi connectivity index (χ1n) is 22.6. The van der Waals surface area contributed by atoms with Crippen LogP contribution < -0.4 is 24.8 Å². The van der Waals surface area contributed by atoms with Crippen LogP contribution in [0.3, 0.4) is 0 Å². The highest BCUT2D eigenvalue weighted by Gasteiger charge is 2.28. The number of ether oxygens (including phenoxy) is 3. The van der Waals surface area contributed by atoms with Crippen LogP contribution >= 0.6 is 0 Å². The van der Waals surface area contributed by atoms with E-state index in [4.69, 9.17) is 14.2 Å². The second-order valence-corrected chi connectivity index (χ2v) is 18.1. The van der Waals surface area contributed by atoms with Crippen LogP contribution in [0.15, 0.2) is 91.0 Å². The Morgan fingerprint density at radius 3 is 1.24 bits per heavy atom. The molecule has 0 atom stereocenters. The largest absolute Gasteiger partial charge is 0.426 e. The van der Waals surface area contributed by atoms with Crippen molar-refractivity contribution in [2.75, 3.05) is 10.6 Å². The Kier molecular flexibility index (Phi) is 14.9. The molecule has 4 aromatic rings. The maximum Gasteiger partial charge on any atom is 0.314 e. The topological polar surface area (TPSA) is 154 Å². The summed E-state index contributed by atoms with van der Waals surface area (Å²) in [5.41, 5.74) is 1.92. The molecular formula is C52H58N2O9. The van der Waals surface area contributed by atoms with E-state index in [2.05, 4.69) is 31.4 Å². The summed E-state index contributed by atoms with van der Waals surface area (Å²) in [5, 5.41) is 5.67. The van der Waals surface area contributed by atoms with Crippen LogP contribution in [-0.4, -0.2) is 35.5 Å². The summed E-state index contributed by atoms with van der Waals surface area (Å²) in [7, 11) is 0. The van der Waals surface area contributed by atoms with Gasteiger partial charge in [0.05, 0.1) is 17.8 Å². The van der Waals surface area contributed by atoms with Crippen LogP contribution in [0.1, 0.15) is 134 Å². The molecule has 11 heteroatoms. The maximum absolute atomic E-state index is 13.8. The molecule has 3 fully saturated rings. The summed E-state index contributed by atoms with van der Waals surface area (Å²) < 4.78 is 16.9. The zero-order chi connectivity index (χ0) is 44.5. The van der Waals surface area contributed by atoms with Crippen molar-refractivity contribution < 1.29 is 43.0 Å². The first-order valence-corrected chi connectivity index (χ1v) is 22.6. The van der Waals surface area contributed by atoms with E-state index >= 15 is 0 Å². The third kappa shape index (κ3) is 12.5. The van der Waals surface area contributed by atoms with Crippen LogP contribution in [0.5, 0.6) is 17.2 Å². The van der Waals surface area contributed by atoms with Gasteiger partial charge in [-0.25, -0.2) is 0 Å². The lowest BCUT2D eigenvalue weighted by Gasteiger charge is -2.24. The van der Waals surface area contributed by atoms with Gasteiger partial charge < -0.3 is 24.8 Å². The maximum atomic E-state index is 13.8. The zero-order valence-corrected chi connectivity index (χ0v) is 36.5. The number of ketones is 1. The van der Waals surface area contributed by atoms with Crippen molar-refractivity contribution in [3.8, 4) is 17.2 Å².